The number of rotatable bonds is 6. The van der Waals surface area contributed by atoms with Crippen molar-refractivity contribution in [1.29, 1.82) is 0 Å². The van der Waals surface area contributed by atoms with Gasteiger partial charge in [0.2, 0.25) is 0 Å². The number of halogens is 2. The van der Waals surface area contributed by atoms with Gasteiger partial charge in [-0.3, -0.25) is 9.36 Å². The Balaban J connectivity index is 1.56. The van der Waals surface area contributed by atoms with Gasteiger partial charge in [0.1, 0.15) is 5.52 Å². The van der Waals surface area contributed by atoms with Gasteiger partial charge in [0.15, 0.2) is 16.6 Å². The smallest absolute Gasteiger partial charge is 0.313 e. The molecule has 11 heteroatoms. The van der Waals surface area contributed by atoms with Crippen molar-refractivity contribution in [2.75, 3.05) is 5.75 Å². The van der Waals surface area contributed by atoms with Crippen molar-refractivity contribution in [3.8, 4) is 5.69 Å². The number of hydrogen-bond donors (Lipinski definition) is 1. The number of thioether (sulfide) groups is 1. The molecule has 1 N–H and O–H groups in total. The van der Waals surface area contributed by atoms with Gasteiger partial charge in [-0.15, -0.1) is 10.2 Å². The number of nitrogens with zero attached hydrogens (tertiary/aromatic N) is 6. The third kappa shape index (κ3) is 4.11. The molecule has 0 aliphatic rings. The molecule has 6 aromatic rings. The van der Waals surface area contributed by atoms with Gasteiger partial charge in [0.05, 0.1) is 28.8 Å². The molecule has 0 atom stereocenters. The maximum Gasteiger partial charge on any atom is 0.313 e. The highest BCUT2D eigenvalue weighted by molar-refractivity contribution is 9.10. The summed E-state index contributed by atoms with van der Waals surface area (Å²) in [6.45, 7) is 0.339. The highest BCUT2D eigenvalue weighted by atomic mass is 79.9. The van der Waals surface area contributed by atoms with E-state index in [-0.39, 0.29) is 5.75 Å². The summed E-state index contributed by atoms with van der Waals surface area (Å²) in [7, 11) is 0. The summed E-state index contributed by atoms with van der Waals surface area (Å²) in [5.74, 6) is -0.415. The molecule has 0 aliphatic heterocycles. The molecule has 8 nitrogen and oxygen atoms in total. The zero-order valence-corrected chi connectivity index (χ0v) is 21.6. The first-order chi connectivity index (χ1) is 17.5. The van der Waals surface area contributed by atoms with Crippen LogP contribution in [0.2, 0.25) is 5.02 Å². The van der Waals surface area contributed by atoms with E-state index in [2.05, 4.69) is 26.1 Å². The van der Waals surface area contributed by atoms with Gasteiger partial charge in [-0.2, -0.15) is 0 Å². The van der Waals surface area contributed by atoms with E-state index >= 15 is 0 Å². The Morgan fingerprint density at radius 1 is 1.00 bits per heavy atom. The fourth-order valence-electron chi connectivity index (χ4n) is 4.18. The standard InChI is InChI=1S/C25H16BrClN6O2S/c26-14-5-8-16(9-6-14)33-21(30-31-25(33)36-13-22(34)35)12-32-20-10-7-15(27)11-17(20)23-24(32)29-19-4-2-1-3-18(19)28-23/h1-11H,12-13H2,(H,34,35). The number of carbonyl (C=O) groups is 1. The average Bonchev–Trinajstić information content (AvgIpc) is 3.40. The van der Waals surface area contributed by atoms with Crippen LogP contribution < -0.4 is 0 Å². The van der Waals surface area contributed by atoms with E-state index in [0.29, 0.717) is 28.2 Å². The van der Waals surface area contributed by atoms with E-state index in [4.69, 9.17) is 21.6 Å². The molecule has 0 saturated carbocycles. The van der Waals surface area contributed by atoms with Gasteiger partial charge in [0.25, 0.3) is 0 Å². The lowest BCUT2D eigenvalue weighted by atomic mass is 10.2. The number of hydrogen-bond acceptors (Lipinski definition) is 6. The fourth-order valence-corrected chi connectivity index (χ4v) is 5.31. The molecule has 6 rings (SSSR count). The number of carboxylic acids is 1. The summed E-state index contributed by atoms with van der Waals surface area (Å²) in [4.78, 5) is 21.1. The second-order valence-corrected chi connectivity index (χ2v) is 10.3. The molecule has 0 radical (unpaired) electrons. The lowest BCUT2D eigenvalue weighted by Gasteiger charge is -2.12. The van der Waals surface area contributed by atoms with Crippen LogP contribution in [0.25, 0.3) is 38.8 Å². The Morgan fingerprint density at radius 3 is 2.50 bits per heavy atom. The Labute approximate surface area is 222 Å². The quantitative estimate of drug-likeness (QED) is 0.243. The van der Waals surface area contributed by atoms with Crippen molar-refractivity contribution < 1.29 is 9.90 Å². The Hall–Kier alpha value is -3.47. The second kappa shape index (κ2) is 9.20. The average molecular weight is 580 g/mol. The van der Waals surface area contributed by atoms with Crippen LogP contribution in [0.5, 0.6) is 0 Å². The minimum absolute atomic E-state index is 0.125. The normalized spacial score (nSPS) is 11.6. The van der Waals surface area contributed by atoms with Crippen LogP contribution in [0.15, 0.2) is 76.4 Å². The third-order valence-corrected chi connectivity index (χ3v) is 7.40. The van der Waals surface area contributed by atoms with Crippen LogP contribution in [0.3, 0.4) is 0 Å². The lowest BCUT2D eigenvalue weighted by Crippen LogP contribution is -2.09. The fraction of sp³-hybridized carbons (Fsp3) is 0.0800. The first-order valence-corrected chi connectivity index (χ1v) is 13.0. The molecular formula is C25H16BrClN6O2S. The first-order valence-electron chi connectivity index (χ1n) is 10.9. The summed E-state index contributed by atoms with van der Waals surface area (Å²) in [5, 5.41) is 20.0. The van der Waals surface area contributed by atoms with E-state index in [9.17, 15) is 9.90 Å². The van der Waals surface area contributed by atoms with E-state index in [1.807, 2.05) is 75.9 Å². The van der Waals surface area contributed by atoms with Crippen molar-refractivity contribution in [2.45, 2.75) is 11.7 Å². The van der Waals surface area contributed by atoms with Crippen LogP contribution in [0, 0.1) is 0 Å². The maximum absolute atomic E-state index is 11.2. The minimum Gasteiger partial charge on any atom is -0.481 e. The molecule has 3 aromatic carbocycles. The number of para-hydroxylation sites is 2. The van der Waals surface area contributed by atoms with Crippen LogP contribution in [0.1, 0.15) is 5.82 Å². The molecule has 36 heavy (non-hydrogen) atoms. The molecule has 0 unspecified atom stereocenters. The first kappa shape index (κ1) is 23.0. The monoisotopic (exact) mass is 578 g/mol. The Kier molecular flexibility index (Phi) is 5.87. The van der Waals surface area contributed by atoms with Crippen molar-refractivity contribution in [1.82, 2.24) is 29.3 Å². The molecule has 0 saturated heterocycles. The zero-order chi connectivity index (χ0) is 24.8. The van der Waals surface area contributed by atoms with Gasteiger partial charge in [-0.1, -0.05) is 51.4 Å². The Bertz CT molecular complexity index is 1780. The number of aliphatic carboxylic acids is 1. The van der Waals surface area contributed by atoms with Gasteiger partial charge in [0, 0.05) is 20.6 Å². The van der Waals surface area contributed by atoms with Crippen molar-refractivity contribution in [3.63, 3.8) is 0 Å². The van der Waals surface area contributed by atoms with Crippen LogP contribution in [-0.2, 0) is 11.3 Å². The molecule has 0 amide bonds. The van der Waals surface area contributed by atoms with Gasteiger partial charge < -0.3 is 9.67 Å². The van der Waals surface area contributed by atoms with Crippen LogP contribution in [0.4, 0.5) is 0 Å². The lowest BCUT2D eigenvalue weighted by molar-refractivity contribution is -0.133. The summed E-state index contributed by atoms with van der Waals surface area (Å²) in [6.07, 6.45) is 0. The molecule has 3 aromatic heterocycles. The van der Waals surface area contributed by atoms with E-state index in [1.165, 1.54) is 0 Å². The van der Waals surface area contributed by atoms with Crippen molar-refractivity contribution in [3.05, 3.63) is 82.0 Å². The summed E-state index contributed by atoms with van der Waals surface area (Å²) < 4.78 is 4.86. The van der Waals surface area contributed by atoms with E-state index in [1.54, 1.807) is 0 Å². The number of benzene rings is 3. The molecule has 0 bridgehead atoms. The maximum atomic E-state index is 11.2. The van der Waals surface area contributed by atoms with E-state index < -0.39 is 5.97 Å². The zero-order valence-electron chi connectivity index (χ0n) is 18.5. The van der Waals surface area contributed by atoms with Gasteiger partial charge in [-0.25, -0.2) is 9.97 Å². The highest BCUT2D eigenvalue weighted by Crippen LogP contribution is 2.32. The summed E-state index contributed by atoms with van der Waals surface area (Å²) in [6, 6.07) is 21.1. The predicted molar refractivity (Wildman–Crippen MR) is 144 cm³/mol. The highest BCUT2D eigenvalue weighted by Gasteiger charge is 2.20. The SMILES string of the molecule is O=C(O)CSc1nnc(Cn2c3ccc(Cl)cc3c3nc4ccccc4nc32)n1-c1ccc(Br)cc1. The predicted octanol–water partition coefficient (Wildman–Crippen LogP) is 5.96. The Morgan fingerprint density at radius 2 is 1.75 bits per heavy atom. The van der Waals surface area contributed by atoms with Crippen LogP contribution in [-0.4, -0.2) is 46.1 Å². The largest absolute Gasteiger partial charge is 0.481 e. The van der Waals surface area contributed by atoms with E-state index in [0.717, 1.165) is 49.4 Å². The molecule has 0 aliphatic carbocycles. The number of aromatic nitrogens is 6. The van der Waals surface area contributed by atoms with Crippen LogP contribution >= 0.6 is 39.3 Å². The topological polar surface area (TPSA) is 98.7 Å². The van der Waals surface area contributed by atoms with Crippen molar-refractivity contribution in [2.24, 2.45) is 0 Å². The second-order valence-electron chi connectivity index (χ2n) is 8.03. The molecule has 3 heterocycles. The van der Waals surface area contributed by atoms with Gasteiger partial charge in [-0.05, 0) is 54.6 Å². The number of fused-ring (bicyclic) bond motifs is 4. The summed E-state index contributed by atoms with van der Waals surface area (Å²) in [5.41, 5.74) is 4.78. The minimum atomic E-state index is -0.923. The van der Waals surface area contributed by atoms with Gasteiger partial charge >= 0.3 is 5.97 Å². The number of carboxylic acid groups (broad SMARTS) is 1. The van der Waals surface area contributed by atoms with Crippen molar-refractivity contribution >= 4 is 78.4 Å². The molecule has 0 fully saturated rings. The summed E-state index contributed by atoms with van der Waals surface area (Å²) >= 11 is 10.9. The molecule has 0 spiro atoms. The molecular weight excluding hydrogens is 564 g/mol. The third-order valence-electron chi connectivity index (χ3n) is 5.72. The molecule has 178 valence electrons.